The number of hydrogen-bond acceptors (Lipinski definition) is 7. The molecule has 0 spiro atoms. The molecule has 10 heteroatoms. The summed E-state index contributed by atoms with van der Waals surface area (Å²) in [7, 11) is 0. The second-order valence-corrected chi connectivity index (χ2v) is 9.39. The van der Waals surface area contributed by atoms with Gasteiger partial charge in [0.25, 0.3) is 5.56 Å². The molecule has 0 aliphatic carbocycles. The Labute approximate surface area is 177 Å². The van der Waals surface area contributed by atoms with Gasteiger partial charge < -0.3 is 19.5 Å². The van der Waals surface area contributed by atoms with Crippen LogP contribution in [0.1, 0.15) is 29.6 Å². The first-order valence-electron chi connectivity index (χ1n) is 9.82. The first kappa shape index (κ1) is 21.0. The number of nitrogens with zero attached hydrogens (tertiary/aromatic N) is 1. The van der Waals surface area contributed by atoms with E-state index < -0.39 is 41.4 Å². The van der Waals surface area contributed by atoms with Crippen molar-refractivity contribution in [1.82, 2.24) is 14.9 Å². The molecular weight excluding hydrogens is 410 g/mol. The highest BCUT2D eigenvalue weighted by atomic mass is 32.1. The molecule has 4 heterocycles. The second-order valence-electron chi connectivity index (χ2n) is 8.01. The van der Waals surface area contributed by atoms with Crippen molar-refractivity contribution in [2.75, 3.05) is 13.2 Å². The maximum absolute atomic E-state index is 12.3. The molecule has 30 heavy (non-hydrogen) atoms. The molecule has 2 saturated heterocycles. The van der Waals surface area contributed by atoms with Crippen molar-refractivity contribution in [3.63, 3.8) is 0 Å². The smallest absolute Gasteiger partial charge is 0.328 e. The predicted octanol–water partition coefficient (Wildman–Crippen LogP) is 0.725. The van der Waals surface area contributed by atoms with E-state index in [1.54, 1.807) is 25.2 Å². The first-order chi connectivity index (χ1) is 14.2. The Morgan fingerprint density at radius 2 is 2.03 bits per heavy atom. The highest BCUT2D eigenvalue weighted by Crippen LogP contribution is 2.39. The number of ether oxygens (including phenoxy) is 3. The molecule has 0 saturated carbocycles. The van der Waals surface area contributed by atoms with Crippen LogP contribution in [-0.2, 0) is 25.4 Å². The Morgan fingerprint density at radius 1 is 1.27 bits per heavy atom. The molecule has 2 aliphatic heterocycles. The number of aryl methyl sites for hydroxylation is 1. The van der Waals surface area contributed by atoms with Gasteiger partial charge in [0, 0.05) is 28.6 Å². The van der Waals surface area contributed by atoms with Crippen molar-refractivity contribution < 1.29 is 19.0 Å². The topological polar surface area (TPSA) is 112 Å². The van der Waals surface area contributed by atoms with Crippen molar-refractivity contribution in [2.45, 2.75) is 57.3 Å². The van der Waals surface area contributed by atoms with Crippen LogP contribution in [0.2, 0.25) is 0 Å². The van der Waals surface area contributed by atoms with Crippen LogP contribution in [0.3, 0.4) is 0 Å². The predicted molar refractivity (Wildman–Crippen MR) is 110 cm³/mol. The Kier molecular flexibility index (Phi) is 5.67. The van der Waals surface area contributed by atoms with E-state index in [1.165, 1.54) is 21.7 Å². The number of fused-ring (bicyclic) bond motifs is 1. The summed E-state index contributed by atoms with van der Waals surface area (Å²) in [4.78, 5) is 40.4. The van der Waals surface area contributed by atoms with Crippen molar-refractivity contribution in [2.24, 2.45) is 0 Å². The number of rotatable bonds is 5. The van der Waals surface area contributed by atoms with Gasteiger partial charge in [0.15, 0.2) is 5.79 Å². The summed E-state index contributed by atoms with van der Waals surface area (Å²) in [6, 6.07) is 4.78. The van der Waals surface area contributed by atoms with Crippen LogP contribution in [0.5, 0.6) is 0 Å². The number of amides is 1. The van der Waals surface area contributed by atoms with Crippen molar-refractivity contribution in [1.29, 1.82) is 0 Å². The molecule has 2 aromatic heterocycles. The number of hydrogen-bond donors (Lipinski definition) is 2. The number of aromatic amines is 1. The molecule has 1 amide bonds. The van der Waals surface area contributed by atoms with Crippen LogP contribution in [0.25, 0.3) is 0 Å². The van der Waals surface area contributed by atoms with Gasteiger partial charge in [0.05, 0.1) is 19.1 Å². The van der Waals surface area contributed by atoms with Crippen molar-refractivity contribution in [3.8, 4) is 0 Å². The van der Waals surface area contributed by atoms with Crippen LogP contribution in [0.15, 0.2) is 34.0 Å². The van der Waals surface area contributed by atoms with E-state index in [1.807, 2.05) is 19.1 Å². The van der Waals surface area contributed by atoms with E-state index in [-0.39, 0.29) is 19.1 Å². The summed E-state index contributed by atoms with van der Waals surface area (Å²) in [6.45, 7) is 6.07. The molecule has 0 aromatic carbocycles. The van der Waals surface area contributed by atoms with E-state index in [9.17, 15) is 14.4 Å². The largest absolute Gasteiger partial charge is 0.371 e. The van der Waals surface area contributed by atoms with Crippen molar-refractivity contribution >= 4 is 17.2 Å². The number of aromatic nitrogens is 2. The average Bonchev–Trinajstić information content (AvgIpc) is 3.21. The van der Waals surface area contributed by atoms with Gasteiger partial charge in [-0.15, -0.1) is 11.3 Å². The van der Waals surface area contributed by atoms with Gasteiger partial charge >= 0.3 is 5.69 Å². The summed E-state index contributed by atoms with van der Waals surface area (Å²) in [5.74, 6) is -0.946. The molecule has 162 valence electrons. The van der Waals surface area contributed by atoms with Gasteiger partial charge in [0.2, 0.25) is 5.91 Å². The average molecular weight is 436 g/mol. The Balaban J connectivity index is 1.45. The first-order valence-corrected chi connectivity index (χ1v) is 10.6. The molecule has 0 radical (unpaired) electrons. The van der Waals surface area contributed by atoms with Gasteiger partial charge in [-0.25, -0.2) is 4.79 Å². The van der Waals surface area contributed by atoms with Gasteiger partial charge in [-0.2, -0.15) is 0 Å². The van der Waals surface area contributed by atoms with Gasteiger partial charge in [-0.05, 0) is 32.9 Å². The maximum Gasteiger partial charge on any atom is 0.328 e. The van der Waals surface area contributed by atoms with Crippen LogP contribution in [0.4, 0.5) is 0 Å². The SMILES string of the molecule is Cc1ccc(CC(=O)NC[C@H]2OC[C@@H](n3ccc(=O)[nH]c3=O)[C@@H]3OC(C)(C)O[C@@H]32)s1. The minimum Gasteiger partial charge on any atom is -0.371 e. The summed E-state index contributed by atoms with van der Waals surface area (Å²) >= 11 is 1.60. The Hall–Kier alpha value is -2.27. The van der Waals surface area contributed by atoms with E-state index in [4.69, 9.17) is 14.2 Å². The Bertz CT molecular complexity index is 1040. The van der Waals surface area contributed by atoms with Crippen LogP contribution in [0, 0.1) is 6.92 Å². The molecule has 0 bridgehead atoms. The molecule has 4 rings (SSSR count). The minimum atomic E-state index is -0.857. The summed E-state index contributed by atoms with van der Waals surface area (Å²) < 4.78 is 19.5. The van der Waals surface area contributed by atoms with Crippen LogP contribution < -0.4 is 16.6 Å². The standard InChI is InChI=1S/C20H25N3O6S/c1-11-4-5-12(30-11)8-16(25)21-9-14-18-17(28-20(2,3)29-18)13(10-27-14)23-7-6-15(24)22-19(23)26/h4-7,13-14,17-18H,8-10H2,1-3H3,(H,21,25)(H,22,24,26)/t13-,14-,17+,18-/m1/s1. The molecule has 9 nitrogen and oxygen atoms in total. The van der Waals surface area contributed by atoms with Gasteiger partial charge in [0.1, 0.15) is 18.3 Å². The monoisotopic (exact) mass is 435 g/mol. The normalized spacial score (nSPS) is 27.6. The third-order valence-corrected chi connectivity index (χ3v) is 6.23. The van der Waals surface area contributed by atoms with Gasteiger partial charge in [-0.3, -0.25) is 19.1 Å². The highest BCUT2D eigenvalue weighted by molar-refractivity contribution is 7.12. The zero-order chi connectivity index (χ0) is 21.5. The number of carbonyl (C=O) groups excluding carboxylic acids is 1. The van der Waals surface area contributed by atoms with E-state index >= 15 is 0 Å². The number of carbonyl (C=O) groups is 1. The zero-order valence-electron chi connectivity index (χ0n) is 17.0. The van der Waals surface area contributed by atoms with E-state index in [0.29, 0.717) is 6.42 Å². The Morgan fingerprint density at radius 3 is 2.73 bits per heavy atom. The van der Waals surface area contributed by atoms with Gasteiger partial charge in [-0.1, -0.05) is 0 Å². The third-order valence-electron chi connectivity index (χ3n) is 5.23. The maximum atomic E-state index is 12.3. The fourth-order valence-electron chi connectivity index (χ4n) is 3.93. The molecule has 0 unspecified atom stereocenters. The molecule has 4 atom stereocenters. The fourth-order valence-corrected chi connectivity index (χ4v) is 4.82. The molecule has 2 aliphatic rings. The number of H-pyrrole nitrogens is 1. The summed E-state index contributed by atoms with van der Waals surface area (Å²) in [6.07, 6.45) is 0.408. The molecular formula is C20H25N3O6S. The summed E-state index contributed by atoms with van der Waals surface area (Å²) in [5.41, 5.74) is -0.990. The molecule has 2 N–H and O–H groups in total. The lowest BCUT2D eigenvalue weighted by molar-refractivity contribution is -0.153. The van der Waals surface area contributed by atoms with E-state index in [0.717, 1.165) is 4.88 Å². The number of thiophene rings is 1. The minimum absolute atomic E-state index is 0.0887. The molecule has 2 fully saturated rings. The lowest BCUT2D eigenvalue weighted by atomic mass is 9.97. The van der Waals surface area contributed by atoms with Crippen LogP contribution in [-0.4, -0.2) is 52.7 Å². The third kappa shape index (κ3) is 4.41. The quantitative estimate of drug-likeness (QED) is 0.716. The summed E-state index contributed by atoms with van der Waals surface area (Å²) in [5, 5.41) is 2.91. The highest BCUT2D eigenvalue weighted by Gasteiger charge is 2.52. The lowest BCUT2D eigenvalue weighted by Crippen LogP contribution is -2.54. The molecule has 2 aromatic rings. The second kappa shape index (κ2) is 8.10. The fraction of sp³-hybridized carbons (Fsp3) is 0.550. The van der Waals surface area contributed by atoms with E-state index in [2.05, 4.69) is 10.3 Å². The zero-order valence-corrected chi connectivity index (χ0v) is 17.9. The van der Waals surface area contributed by atoms with Crippen molar-refractivity contribution in [3.05, 3.63) is 55.0 Å². The lowest BCUT2D eigenvalue weighted by Gasteiger charge is -2.37. The van der Waals surface area contributed by atoms with Crippen LogP contribution >= 0.6 is 11.3 Å². The number of nitrogens with one attached hydrogen (secondary N) is 2.